The van der Waals surface area contributed by atoms with Crippen molar-refractivity contribution in [2.45, 2.75) is 37.1 Å². The fourth-order valence-electron chi connectivity index (χ4n) is 3.34. The minimum absolute atomic E-state index is 0.0105. The highest BCUT2D eigenvalue weighted by Gasteiger charge is 2.40. The van der Waals surface area contributed by atoms with Crippen molar-refractivity contribution in [3.63, 3.8) is 0 Å². The van der Waals surface area contributed by atoms with Crippen LogP contribution in [-0.4, -0.2) is 54.6 Å². The lowest BCUT2D eigenvalue weighted by atomic mass is 10.1. The number of carbonyl (C=O) groups excluding carboxylic acids is 1. The van der Waals surface area contributed by atoms with Gasteiger partial charge in [-0.3, -0.25) is 9.78 Å². The van der Waals surface area contributed by atoms with E-state index in [9.17, 15) is 26.4 Å². The van der Waals surface area contributed by atoms with Gasteiger partial charge >= 0.3 is 6.18 Å². The number of nitrogens with two attached hydrogens (primary N) is 1. The number of sulfonamides is 1. The lowest BCUT2D eigenvalue weighted by Crippen LogP contribution is -2.52. The maximum absolute atomic E-state index is 13.6. The molecule has 0 aliphatic carbocycles. The highest BCUT2D eigenvalue weighted by molar-refractivity contribution is 7.89. The Hall–Kier alpha value is -2.61. The Bertz CT molecular complexity index is 1110. The van der Waals surface area contributed by atoms with E-state index < -0.39 is 44.0 Å². The number of amides is 1. The molecule has 1 aliphatic rings. The van der Waals surface area contributed by atoms with Crippen LogP contribution in [0.4, 0.5) is 18.9 Å². The molecule has 0 aromatic carbocycles. The predicted octanol–water partition coefficient (Wildman–Crippen LogP) is 2.21. The number of nitrogens with zero attached hydrogens (tertiary/aromatic N) is 4. The number of primary sulfonamides is 1. The maximum atomic E-state index is 13.6. The average molecular weight is 473 g/mol. The lowest BCUT2D eigenvalue weighted by Gasteiger charge is -2.37. The number of anilines is 1. The third kappa shape index (κ3) is 5.41. The van der Waals surface area contributed by atoms with Crippen molar-refractivity contribution in [2.24, 2.45) is 5.14 Å². The van der Waals surface area contributed by atoms with Crippen LogP contribution in [0.2, 0.25) is 0 Å². The van der Waals surface area contributed by atoms with Gasteiger partial charge in [0, 0.05) is 38.2 Å². The van der Waals surface area contributed by atoms with Gasteiger partial charge in [0.1, 0.15) is 0 Å². The number of aromatic nitrogens is 2. The van der Waals surface area contributed by atoms with Gasteiger partial charge in [-0.2, -0.15) is 13.2 Å². The van der Waals surface area contributed by atoms with E-state index in [4.69, 9.17) is 9.88 Å². The number of hydrogen-bond donors (Lipinski definition) is 1. The summed E-state index contributed by atoms with van der Waals surface area (Å²) < 4.78 is 70.0. The zero-order valence-corrected chi connectivity index (χ0v) is 18.2. The number of pyridine rings is 2. The average Bonchev–Trinajstić information content (AvgIpc) is 2.87. The standard InChI is InChI=1S/C19H22F3N5O4S/c1-18(2)12-26(9-4-10-31-18)27(13-6-8-24-15(11-13)32(23,29)30)17(28)14-5-3-7-25-16(14)19(20,21)22/h3,5-8,11H,4,9-10,12H2,1-2H3,(H2,23,29,30). The second-order valence-corrected chi connectivity index (χ2v) is 9.27. The first-order valence-corrected chi connectivity index (χ1v) is 11.1. The highest BCUT2D eigenvalue weighted by Crippen LogP contribution is 2.32. The Kier molecular flexibility index (Phi) is 6.56. The Labute approximate surface area is 183 Å². The van der Waals surface area contributed by atoms with Crippen LogP contribution >= 0.6 is 0 Å². The van der Waals surface area contributed by atoms with E-state index in [1.807, 2.05) is 0 Å². The van der Waals surface area contributed by atoms with Gasteiger partial charge in [0.2, 0.25) is 0 Å². The molecular formula is C19H22F3N5O4S. The van der Waals surface area contributed by atoms with E-state index in [-0.39, 0.29) is 18.8 Å². The molecule has 0 unspecified atom stereocenters. The molecule has 9 nitrogen and oxygen atoms in total. The van der Waals surface area contributed by atoms with E-state index in [2.05, 4.69) is 9.97 Å². The molecule has 0 bridgehead atoms. The molecule has 1 amide bonds. The zero-order chi connectivity index (χ0) is 23.7. The summed E-state index contributed by atoms with van der Waals surface area (Å²) in [5.41, 5.74) is -2.77. The molecule has 2 N–H and O–H groups in total. The van der Waals surface area contributed by atoms with Gasteiger partial charge in [-0.15, -0.1) is 0 Å². The first-order chi connectivity index (χ1) is 14.8. The van der Waals surface area contributed by atoms with Gasteiger partial charge in [0.05, 0.1) is 16.9 Å². The number of hydrogen-bond acceptors (Lipinski definition) is 7. The summed E-state index contributed by atoms with van der Waals surface area (Å²) >= 11 is 0. The molecule has 1 fully saturated rings. The van der Waals surface area contributed by atoms with Crippen LogP contribution in [-0.2, 0) is 20.9 Å². The monoisotopic (exact) mass is 473 g/mol. The molecule has 174 valence electrons. The number of ether oxygens (including phenoxy) is 1. The summed E-state index contributed by atoms with van der Waals surface area (Å²) in [5.74, 6) is -1.03. The molecule has 2 aromatic rings. The Balaban J connectivity index is 2.17. The minimum Gasteiger partial charge on any atom is -0.374 e. The van der Waals surface area contributed by atoms with Gasteiger partial charge in [0.15, 0.2) is 10.7 Å². The van der Waals surface area contributed by atoms with Crippen molar-refractivity contribution in [1.29, 1.82) is 0 Å². The third-order valence-electron chi connectivity index (χ3n) is 4.65. The summed E-state index contributed by atoms with van der Waals surface area (Å²) in [6, 6.07) is 4.59. The normalized spacial score (nSPS) is 17.6. The number of halogens is 3. The van der Waals surface area contributed by atoms with Crippen LogP contribution in [0.15, 0.2) is 41.7 Å². The largest absolute Gasteiger partial charge is 0.434 e. The summed E-state index contributed by atoms with van der Waals surface area (Å²) in [7, 11) is -4.23. The van der Waals surface area contributed by atoms with E-state index in [1.54, 1.807) is 13.8 Å². The number of alkyl halides is 3. The van der Waals surface area contributed by atoms with Gasteiger partial charge in [-0.05, 0) is 38.5 Å². The van der Waals surface area contributed by atoms with Crippen LogP contribution in [0.1, 0.15) is 36.3 Å². The molecule has 2 aromatic heterocycles. The van der Waals surface area contributed by atoms with Crippen LogP contribution < -0.4 is 10.1 Å². The van der Waals surface area contributed by atoms with Crippen molar-refractivity contribution in [1.82, 2.24) is 15.0 Å². The smallest absolute Gasteiger partial charge is 0.374 e. The fourth-order valence-corrected chi connectivity index (χ4v) is 3.84. The lowest BCUT2D eigenvalue weighted by molar-refractivity contribution is -0.141. The first kappa shape index (κ1) is 24.0. The molecule has 0 saturated carbocycles. The van der Waals surface area contributed by atoms with Crippen LogP contribution in [0.5, 0.6) is 0 Å². The molecule has 1 aliphatic heterocycles. The number of rotatable bonds is 4. The Morgan fingerprint density at radius 1 is 1.25 bits per heavy atom. The van der Waals surface area contributed by atoms with Gasteiger partial charge in [-0.1, -0.05) is 0 Å². The molecule has 0 spiro atoms. The molecule has 13 heteroatoms. The van der Waals surface area contributed by atoms with Crippen molar-refractivity contribution in [3.8, 4) is 0 Å². The highest BCUT2D eigenvalue weighted by atomic mass is 32.2. The summed E-state index contributed by atoms with van der Waals surface area (Å²) in [6.45, 7) is 4.35. The second kappa shape index (κ2) is 8.73. The Morgan fingerprint density at radius 2 is 1.97 bits per heavy atom. The summed E-state index contributed by atoms with van der Waals surface area (Å²) in [6.07, 6.45) is -2.33. The summed E-state index contributed by atoms with van der Waals surface area (Å²) in [4.78, 5) is 20.5. The fraction of sp³-hybridized carbons (Fsp3) is 0.421. The maximum Gasteiger partial charge on any atom is 0.434 e. The number of hydrazine groups is 1. The van der Waals surface area contributed by atoms with Gasteiger partial charge < -0.3 is 4.74 Å². The van der Waals surface area contributed by atoms with E-state index in [1.165, 1.54) is 17.1 Å². The molecule has 1 saturated heterocycles. The number of carbonyl (C=O) groups is 1. The molecule has 0 radical (unpaired) electrons. The van der Waals surface area contributed by atoms with E-state index in [0.29, 0.717) is 13.0 Å². The molecule has 3 rings (SSSR count). The van der Waals surface area contributed by atoms with Crippen molar-refractivity contribution < 1.29 is 31.1 Å². The van der Waals surface area contributed by atoms with Gasteiger partial charge in [-0.25, -0.2) is 28.6 Å². The van der Waals surface area contributed by atoms with E-state index in [0.717, 1.165) is 29.5 Å². The third-order valence-corrected chi connectivity index (χ3v) is 5.46. The molecular weight excluding hydrogens is 451 g/mol. The molecule has 32 heavy (non-hydrogen) atoms. The molecule has 3 heterocycles. The van der Waals surface area contributed by atoms with Gasteiger partial charge in [0.25, 0.3) is 15.9 Å². The van der Waals surface area contributed by atoms with Crippen LogP contribution in [0, 0.1) is 0 Å². The van der Waals surface area contributed by atoms with E-state index >= 15 is 0 Å². The molecule has 0 atom stereocenters. The van der Waals surface area contributed by atoms with Crippen molar-refractivity contribution in [2.75, 3.05) is 24.7 Å². The second-order valence-electron chi connectivity index (χ2n) is 7.76. The van der Waals surface area contributed by atoms with Crippen LogP contribution in [0.25, 0.3) is 0 Å². The van der Waals surface area contributed by atoms with Crippen LogP contribution in [0.3, 0.4) is 0 Å². The van der Waals surface area contributed by atoms with Crippen molar-refractivity contribution >= 4 is 21.6 Å². The minimum atomic E-state index is -4.87. The SMILES string of the molecule is CC1(C)CN(N(C(=O)c2cccnc2C(F)(F)F)c2ccnc(S(N)(=O)=O)c2)CCCO1. The van der Waals surface area contributed by atoms with Crippen molar-refractivity contribution in [3.05, 3.63) is 47.9 Å². The Morgan fingerprint density at radius 3 is 2.62 bits per heavy atom. The quantitative estimate of drug-likeness (QED) is 0.723. The predicted molar refractivity (Wildman–Crippen MR) is 108 cm³/mol. The summed E-state index contributed by atoms with van der Waals surface area (Å²) in [5, 5.41) is 7.14. The zero-order valence-electron chi connectivity index (χ0n) is 17.3. The topological polar surface area (TPSA) is 119 Å². The first-order valence-electron chi connectivity index (χ1n) is 9.54.